The van der Waals surface area contributed by atoms with Crippen LogP contribution in [0.4, 0.5) is 10.5 Å². The highest BCUT2D eigenvalue weighted by atomic mass is 16.6. The SMILES string of the molecule is CC(C)Cc1cncc2[nH]c(Cn3cccc(NC(=O)C(CC/C=C/C(=O)N(C)C)OC(=O)N(C)C)c3=O)nc12. The molecule has 3 rings (SSSR count). The van der Waals surface area contributed by atoms with Crippen molar-refractivity contribution in [1.82, 2.24) is 29.3 Å². The van der Waals surface area contributed by atoms with Crippen LogP contribution < -0.4 is 10.9 Å². The van der Waals surface area contributed by atoms with Crippen molar-refractivity contribution >= 4 is 34.6 Å². The maximum absolute atomic E-state index is 13.2. The summed E-state index contributed by atoms with van der Waals surface area (Å²) in [6.45, 7) is 4.41. The van der Waals surface area contributed by atoms with E-state index >= 15 is 0 Å². The number of carbonyl (C=O) groups is 3. The molecule has 12 nitrogen and oxygen atoms in total. The molecule has 0 aromatic carbocycles. The highest BCUT2D eigenvalue weighted by Gasteiger charge is 2.24. The van der Waals surface area contributed by atoms with Crippen molar-refractivity contribution in [2.45, 2.75) is 45.8 Å². The van der Waals surface area contributed by atoms with E-state index in [1.807, 2.05) is 6.20 Å². The number of H-pyrrole nitrogens is 1. The summed E-state index contributed by atoms with van der Waals surface area (Å²) in [7, 11) is 6.26. The Kier molecular flexibility index (Phi) is 10.2. The molecule has 12 heteroatoms. The normalized spacial score (nSPS) is 12.1. The number of hydrogen-bond donors (Lipinski definition) is 2. The Labute approximate surface area is 233 Å². The van der Waals surface area contributed by atoms with Crippen molar-refractivity contribution < 1.29 is 19.1 Å². The summed E-state index contributed by atoms with van der Waals surface area (Å²) >= 11 is 0. The van der Waals surface area contributed by atoms with Gasteiger partial charge >= 0.3 is 6.09 Å². The van der Waals surface area contributed by atoms with Crippen LogP contribution >= 0.6 is 0 Å². The van der Waals surface area contributed by atoms with Crippen LogP contribution in [0.25, 0.3) is 11.0 Å². The Morgan fingerprint density at radius 3 is 2.58 bits per heavy atom. The summed E-state index contributed by atoms with van der Waals surface area (Å²) in [5.74, 6) is 0.168. The number of anilines is 1. The molecule has 3 aromatic rings. The van der Waals surface area contributed by atoms with E-state index in [2.05, 4.69) is 29.1 Å². The molecule has 214 valence electrons. The van der Waals surface area contributed by atoms with Gasteiger partial charge in [-0.15, -0.1) is 0 Å². The van der Waals surface area contributed by atoms with Crippen molar-refractivity contribution in [3.8, 4) is 0 Å². The lowest BCUT2D eigenvalue weighted by Gasteiger charge is -2.19. The minimum atomic E-state index is -1.18. The molecule has 3 heterocycles. The molecule has 1 unspecified atom stereocenters. The third-order valence-corrected chi connectivity index (χ3v) is 5.94. The zero-order valence-electron chi connectivity index (χ0n) is 23.8. The van der Waals surface area contributed by atoms with Gasteiger partial charge in [0, 0.05) is 40.6 Å². The lowest BCUT2D eigenvalue weighted by atomic mass is 10.0. The first kappa shape index (κ1) is 30.1. The second-order valence-corrected chi connectivity index (χ2v) is 10.3. The van der Waals surface area contributed by atoms with Crippen molar-refractivity contribution in [2.24, 2.45) is 5.92 Å². The van der Waals surface area contributed by atoms with E-state index in [0.717, 1.165) is 23.0 Å². The van der Waals surface area contributed by atoms with E-state index in [9.17, 15) is 19.2 Å². The number of rotatable bonds is 11. The minimum absolute atomic E-state index is 0.0370. The van der Waals surface area contributed by atoms with Gasteiger partial charge < -0.3 is 29.4 Å². The molecule has 0 radical (unpaired) electrons. The summed E-state index contributed by atoms with van der Waals surface area (Å²) in [6, 6.07) is 3.13. The molecule has 0 saturated carbocycles. The van der Waals surface area contributed by atoms with E-state index in [1.54, 1.807) is 38.6 Å². The van der Waals surface area contributed by atoms with Crippen LogP contribution in [0.3, 0.4) is 0 Å². The Bertz CT molecular complexity index is 1440. The minimum Gasteiger partial charge on any atom is -0.436 e. The number of nitrogens with one attached hydrogen (secondary N) is 2. The van der Waals surface area contributed by atoms with Gasteiger partial charge in [0.2, 0.25) is 5.91 Å². The summed E-state index contributed by atoms with van der Waals surface area (Å²) in [6.07, 6.45) is 7.49. The van der Waals surface area contributed by atoms with Gasteiger partial charge in [-0.2, -0.15) is 0 Å². The third kappa shape index (κ3) is 8.01. The Balaban J connectivity index is 1.77. The lowest BCUT2D eigenvalue weighted by Crippen LogP contribution is -2.37. The molecular weight excluding hydrogens is 514 g/mol. The molecule has 2 N–H and O–H groups in total. The Morgan fingerprint density at radius 1 is 1.15 bits per heavy atom. The predicted octanol–water partition coefficient (Wildman–Crippen LogP) is 2.80. The number of imidazole rings is 1. The Hall–Kier alpha value is -4.48. The topological polar surface area (TPSA) is 143 Å². The smallest absolute Gasteiger partial charge is 0.410 e. The summed E-state index contributed by atoms with van der Waals surface area (Å²) in [5.41, 5.74) is 2.24. The van der Waals surface area contributed by atoms with Gasteiger partial charge in [-0.1, -0.05) is 19.9 Å². The van der Waals surface area contributed by atoms with Crippen molar-refractivity contribution in [2.75, 3.05) is 33.5 Å². The summed E-state index contributed by atoms with van der Waals surface area (Å²) in [5, 5.41) is 2.60. The number of amides is 3. The van der Waals surface area contributed by atoms with Crippen molar-refractivity contribution in [3.63, 3.8) is 0 Å². The maximum atomic E-state index is 13.2. The number of aromatic amines is 1. The van der Waals surface area contributed by atoms with Crippen LogP contribution in [-0.4, -0.2) is 81.5 Å². The van der Waals surface area contributed by atoms with E-state index in [-0.39, 0.29) is 24.6 Å². The number of carbonyl (C=O) groups excluding carboxylic acids is 3. The highest BCUT2D eigenvalue weighted by Crippen LogP contribution is 2.19. The standard InChI is InChI=1S/C28H37N7O5/c1-18(2)14-19-15-29-16-21-25(19)32-23(30-21)17-35-13-9-10-20(27(35)38)31-26(37)22(40-28(39)34(5)6)11-7-8-12-24(36)33(3)4/h8-10,12-13,15-16,18,22H,7,11,14,17H2,1-6H3,(H,30,32)(H,31,37)/b12-8+. The van der Waals surface area contributed by atoms with Gasteiger partial charge in [0.05, 0.1) is 23.8 Å². The van der Waals surface area contributed by atoms with Crippen LogP contribution in [0.1, 0.15) is 38.1 Å². The molecule has 0 aliphatic heterocycles. The van der Waals surface area contributed by atoms with Gasteiger partial charge in [-0.3, -0.25) is 19.4 Å². The number of nitrogens with zero attached hydrogens (tertiary/aromatic N) is 5. The van der Waals surface area contributed by atoms with Crippen molar-refractivity contribution in [1.29, 1.82) is 0 Å². The Morgan fingerprint density at radius 2 is 1.90 bits per heavy atom. The molecular formula is C28H37N7O5. The van der Waals surface area contributed by atoms with E-state index in [1.165, 1.54) is 40.6 Å². The number of hydrogen-bond acceptors (Lipinski definition) is 7. The van der Waals surface area contributed by atoms with Crippen molar-refractivity contribution in [3.05, 3.63) is 64.6 Å². The zero-order chi connectivity index (χ0) is 29.4. The van der Waals surface area contributed by atoms with Gasteiger partial charge in [0.15, 0.2) is 6.10 Å². The van der Waals surface area contributed by atoms with Gasteiger partial charge in [-0.05, 0) is 49.0 Å². The maximum Gasteiger partial charge on any atom is 0.410 e. The fourth-order valence-corrected chi connectivity index (χ4v) is 3.89. The fourth-order valence-electron chi connectivity index (χ4n) is 3.89. The summed E-state index contributed by atoms with van der Waals surface area (Å²) in [4.78, 5) is 65.1. The monoisotopic (exact) mass is 551 g/mol. The largest absolute Gasteiger partial charge is 0.436 e. The molecule has 0 fully saturated rings. The average Bonchev–Trinajstić information content (AvgIpc) is 3.31. The first-order chi connectivity index (χ1) is 19.0. The van der Waals surface area contributed by atoms with Crippen LogP contribution in [0.5, 0.6) is 0 Å². The lowest BCUT2D eigenvalue weighted by molar-refractivity contribution is -0.125. The molecule has 0 spiro atoms. The predicted molar refractivity (Wildman–Crippen MR) is 152 cm³/mol. The van der Waals surface area contributed by atoms with Gasteiger partial charge in [0.1, 0.15) is 11.5 Å². The number of allylic oxidation sites excluding steroid dienone is 1. The van der Waals surface area contributed by atoms with Crippen LogP contribution in [0, 0.1) is 5.92 Å². The molecule has 1 atom stereocenters. The number of ether oxygens (including phenoxy) is 1. The van der Waals surface area contributed by atoms with E-state index < -0.39 is 23.7 Å². The van der Waals surface area contributed by atoms with Gasteiger partial charge in [0.25, 0.3) is 11.5 Å². The molecule has 40 heavy (non-hydrogen) atoms. The first-order valence-electron chi connectivity index (χ1n) is 13.0. The average molecular weight is 552 g/mol. The third-order valence-electron chi connectivity index (χ3n) is 5.94. The second kappa shape index (κ2) is 13.5. The van der Waals surface area contributed by atoms with E-state index in [0.29, 0.717) is 18.2 Å². The summed E-state index contributed by atoms with van der Waals surface area (Å²) < 4.78 is 6.78. The number of aromatic nitrogens is 4. The molecule has 0 aliphatic carbocycles. The molecule has 0 bridgehead atoms. The number of pyridine rings is 2. The second-order valence-electron chi connectivity index (χ2n) is 10.3. The van der Waals surface area contributed by atoms with Crippen LogP contribution in [-0.2, 0) is 27.3 Å². The number of fused-ring (bicyclic) bond motifs is 1. The molecule has 0 saturated heterocycles. The van der Waals surface area contributed by atoms with Gasteiger partial charge in [-0.25, -0.2) is 9.78 Å². The highest BCUT2D eigenvalue weighted by molar-refractivity contribution is 5.95. The number of likely N-dealkylation sites (N-methyl/N-ethyl adjacent to an activating group) is 1. The first-order valence-corrected chi connectivity index (χ1v) is 13.0. The zero-order valence-corrected chi connectivity index (χ0v) is 23.8. The quantitative estimate of drug-likeness (QED) is 0.349. The molecule has 3 amide bonds. The van der Waals surface area contributed by atoms with Crippen LogP contribution in [0.2, 0.25) is 0 Å². The molecule has 3 aromatic heterocycles. The fraction of sp³-hybridized carbons (Fsp3) is 0.429. The molecule has 0 aliphatic rings. The van der Waals surface area contributed by atoms with E-state index in [4.69, 9.17) is 9.72 Å². The van der Waals surface area contributed by atoms with Crippen LogP contribution in [0.15, 0.2) is 47.7 Å².